The maximum atomic E-state index is 0. The van der Waals surface area contributed by atoms with Gasteiger partial charge in [0.2, 0.25) is 0 Å². The van der Waals surface area contributed by atoms with E-state index >= 15 is 0 Å². The van der Waals surface area contributed by atoms with Gasteiger partial charge in [0.1, 0.15) is 0 Å². The van der Waals surface area contributed by atoms with Gasteiger partial charge in [0.15, 0.2) is 0 Å². The van der Waals surface area contributed by atoms with Crippen LogP contribution >= 0.6 is 49.6 Å². The van der Waals surface area contributed by atoms with Crippen LogP contribution in [0.15, 0.2) is 0 Å². The van der Waals surface area contributed by atoms with Crippen LogP contribution in [0, 0.1) is 0 Å². The standard InChI is InChI=1S/4ClH.Ge.H2/h4*1H;;1H. The molecular weight excluding hydrogens is 214 g/mol. The summed E-state index contributed by atoms with van der Waals surface area (Å²) in [7, 11) is 0. The summed E-state index contributed by atoms with van der Waals surface area (Å²) in [4.78, 5) is 0. The molecule has 0 aromatic carbocycles. The fraction of sp³-hybridized carbons (Fsp3) is 0. The van der Waals surface area contributed by atoms with Crippen LogP contribution < -0.4 is 0 Å². The van der Waals surface area contributed by atoms with Crippen molar-refractivity contribution in [3.05, 3.63) is 0 Å². The van der Waals surface area contributed by atoms with E-state index in [9.17, 15) is 0 Å². The third-order valence-corrected chi connectivity index (χ3v) is 0. The first-order valence-electron chi connectivity index (χ1n) is 0. The summed E-state index contributed by atoms with van der Waals surface area (Å²) >= 11 is 0. The van der Waals surface area contributed by atoms with Crippen molar-refractivity contribution >= 4 is 67.2 Å². The molecule has 0 aliphatic carbocycles. The monoisotopic (exact) mass is 220 g/mol. The first-order chi connectivity index (χ1) is 0. The molecule has 0 nitrogen and oxygen atoms in total. The summed E-state index contributed by atoms with van der Waals surface area (Å²) in [5, 5.41) is 0. The first-order valence-corrected chi connectivity index (χ1v) is 0. The van der Waals surface area contributed by atoms with E-state index < -0.39 is 0 Å². The van der Waals surface area contributed by atoms with Crippen LogP contribution in [-0.4, -0.2) is 17.6 Å². The molecule has 0 bridgehead atoms. The second-order valence-corrected chi connectivity index (χ2v) is 0. The van der Waals surface area contributed by atoms with Gasteiger partial charge in [-0.1, -0.05) is 0 Å². The number of hydrogen-bond donors (Lipinski definition) is 0. The first kappa shape index (κ1) is 75.2. The van der Waals surface area contributed by atoms with Crippen LogP contribution in [-0.2, 0) is 0 Å². The fourth-order valence-electron chi connectivity index (χ4n) is 0. The van der Waals surface area contributed by atoms with Crippen molar-refractivity contribution in [2.45, 2.75) is 0 Å². The quantitative estimate of drug-likeness (QED) is 0.544. The average Bonchev–Trinajstić information content (AvgIpc) is 0. The van der Waals surface area contributed by atoms with Crippen LogP contribution in [0.1, 0.15) is 1.43 Å². The van der Waals surface area contributed by atoms with Crippen molar-refractivity contribution in [1.29, 1.82) is 0 Å². The number of halogens is 4. The smallest absolute Gasteiger partial charge is 0 e. The Morgan fingerprint density at radius 2 is 0.600 bits per heavy atom. The zero-order valence-electron chi connectivity index (χ0n) is 2.13. The molecule has 0 aromatic heterocycles. The SMILES string of the molecule is Cl.Cl.Cl.Cl.[Ge].[HH]. The van der Waals surface area contributed by atoms with Crippen LogP contribution in [0.5, 0.6) is 0 Å². The van der Waals surface area contributed by atoms with Crippen molar-refractivity contribution in [3.8, 4) is 0 Å². The Labute approximate surface area is 68.6 Å². The van der Waals surface area contributed by atoms with Gasteiger partial charge in [0, 0.05) is 19.0 Å². The largest absolute Gasteiger partial charge is 0.147 e. The maximum absolute atomic E-state index is 0. The van der Waals surface area contributed by atoms with Crippen molar-refractivity contribution in [2.24, 2.45) is 0 Å². The normalized spacial score (nSPS) is 0. The second-order valence-electron chi connectivity index (χ2n) is 0. The summed E-state index contributed by atoms with van der Waals surface area (Å²) in [5.74, 6) is 0. The average molecular weight is 220 g/mol. The van der Waals surface area contributed by atoms with E-state index in [0.717, 1.165) is 0 Å². The van der Waals surface area contributed by atoms with E-state index in [1.165, 1.54) is 0 Å². The van der Waals surface area contributed by atoms with Crippen molar-refractivity contribution in [2.75, 3.05) is 0 Å². The van der Waals surface area contributed by atoms with Gasteiger partial charge < -0.3 is 0 Å². The zero-order chi connectivity index (χ0) is 0. The van der Waals surface area contributed by atoms with Crippen LogP contribution in [0.3, 0.4) is 0 Å². The number of rotatable bonds is 0. The minimum atomic E-state index is 0. The summed E-state index contributed by atoms with van der Waals surface area (Å²) in [5.41, 5.74) is 0. The number of hydrogen-bond acceptors (Lipinski definition) is 0. The predicted octanol–water partition coefficient (Wildman–Crippen LogP) is 1.55. The van der Waals surface area contributed by atoms with Crippen LogP contribution in [0.4, 0.5) is 0 Å². The molecular formula is H6Cl4Ge. The van der Waals surface area contributed by atoms with Gasteiger partial charge in [-0.2, -0.15) is 0 Å². The minimum absolute atomic E-state index is 0. The fourth-order valence-corrected chi connectivity index (χ4v) is 0. The maximum Gasteiger partial charge on any atom is 0 e. The summed E-state index contributed by atoms with van der Waals surface area (Å²) in [6.07, 6.45) is 0. The van der Waals surface area contributed by atoms with E-state index in [1.807, 2.05) is 0 Å². The van der Waals surface area contributed by atoms with Gasteiger partial charge in [-0.05, 0) is 0 Å². The molecule has 0 aliphatic rings. The molecule has 38 valence electrons. The zero-order valence-corrected chi connectivity index (χ0v) is 7.50. The third-order valence-electron chi connectivity index (χ3n) is 0. The van der Waals surface area contributed by atoms with Gasteiger partial charge in [0.25, 0.3) is 0 Å². The van der Waals surface area contributed by atoms with Gasteiger partial charge in [0.05, 0.1) is 0 Å². The predicted molar refractivity (Wildman–Crippen MR) is 36.9 cm³/mol. The molecule has 0 unspecified atom stereocenters. The molecule has 0 aromatic rings. The van der Waals surface area contributed by atoms with Crippen molar-refractivity contribution in [1.82, 2.24) is 0 Å². The molecule has 0 heterocycles. The topological polar surface area (TPSA) is 0 Å². The Bertz CT molecular complexity index is 7.51. The molecule has 0 N–H and O–H groups in total. The molecule has 0 saturated carbocycles. The summed E-state index contributed by atoms with van der Waals surface area (Å²) in [6.45, 7) is 0. The van der Waals surface area contributed by atoms with E-state index in [0.29, 0.717) is 0 Å². The van der Waals surface area contributed by atoms with Gasteiger partial charge in [-0.25, -0.2) is 0 Å². The Kier molecular flexibility index (Phi) is 654. The molecule has 4 radical (unpaired) electrons. The van der Waals surface area contributed by atoms with Gasteiger partial charge >= 0.3 is 0 Å². The van der Waals surface area contributed by atoms with E-state index in [-0.39, 0.29) is 68.7 Å². The molecule has 0 rings (SSSR count). The van der Waals surface area contributed by atoms with E-state index in [4.69, 9.17) is 0 Å². The minimum Gasteiger partial charge on any atom is -0.147 e. The molecule has 0 atom stereocenters. The van der Waals surface area contributed by atoms with Crippen LogP contribution in [0.25, 0.3) is 0 Å². The Hall–Kier alpha value is 1.70. The molecule has 0 saturated heterocycles. The van der Waals surface area contributed by atoms with E-state index in [2.05, 4.69) is 0 Å². The van der Waals surface area contributed by atoms with Crippen molar-refractivity contribution in [3.63, 3.8) is 0 Å². The Balaban J connectivity index is 0. The molecule has 5 heavy (non-hydrogen) atoms. The Morgan fingerprint density at radius 3 is 0.600 bits per heavy atom. The molecule has 0 amide bonds. The van der Waals surface area contributed by atoms with Gasteiger partial charge in [-0.3, -0.25) is 0 Å². The van der Waals surface area contributed by atoms with Crippen LogP contribution in [0.2, 0.25) is 0 Å². The molecule has 0 fully saturated rings. The molecule has 0 spiro atoms. The molecule has 0 aliphatic heterocycles. The van der Waals surface area contributed by atoms with E-state index in [1.54, 1.807) is 0 Å². The summed E-state index contributed by atoms with van der Waals surface area (Å²) < 4.78 is 0. The van der Waals surface area contributed by atoms with Gasteiger partial charge in [-0.15, -0.1) is 49.6 Å². The summed E-state index contributed by atoms with van der Waals surface area (Å²) in [6, 6.07) is 0. The third kappa shape index (κ3) is 27.0. The molecule has 5 heteroatoms. The second kappa shape index (κ2) is 43.5. The Morgan fingerprint density at radius 1 is 0.600 bits per heavy atom. The van der Waals surface area contributed by atoms with Crippen molar-refractivity contribution < 1.29 is 1.43 Å².